The fourth-order valence-corrected chi connectivity index (χ4v) is 5.32. The highest BCUT2D eigenvalue weighted by Crippen LogP contribution is 2.40. The molecule has 4 heteroatoms. The Morgan fingerprint density at radius 2 is 1.50 bits per heavy atom. The van der Waals surface area contributed by atoms with Gasteiger partial charge in [0.15, 0.2) is 0 Å². The van der Waals surface area contributed by atoms with Gasteiger partial charge in [-0.3, -0.25) is 0 Å². The number of benzene rings is 4. The summed E-state index contributed by atoms with van der Waals surface area (Å²) < 4.78 is 8.82. The third kappa shape index (κ3) is 3.02. The smallest absolute Gasteiger partial charge is 0.310 e. The molecule has 0 bridgehead atoms. The van der Waals surface area contributed by atoms with E-state index < -0.39 is 11.2 Å². The first-order valence-corrected chi connectivity index (χ1v) is 11.2. The lowest BCUT2D eigenvalue weighted by atomic mass is 9.80. The molecule has 30 heavy (non-hydrogen) atoms. The largest absolute Gasteiger partial charge is 0.427 e. The number of rotatable bonds is 4. The van der Waals surface area contributed by atoms with Gasteiger partial charge in [0, 0.05) is 20.2 Å². The van der Waals surface area contributed by atoms with Crippen LogP contribution in [0.15, 0.2) is 66.7 Å². The van der Waals surface area contributed by atoms with Crippen LogP contribution in [0.2, 0.25) is 0 Å². The molecule has 4 aromatic carbocycles. The summed E-state index contributed by atoms with van der Waals surface area (Å²) >= 11 is 1.85. The van der Waals surface area contributed by atoms with Crippen molar-refractivity contribution in [2.75, 3.05) is 0 Å². The van der Waals surface area contributed by atoms with Crippen molar-refractivity contribution < 1.29 is 9.76 Å². The average molecular weight is 412 g/mol. The van der Waals surface area contributed by atoms with Gasteiger partial charge in [-0.05, 0) is 60.8 Å². The van der Waals surface area contributed by atoms with Gasteiger partial charge in [0.25, 0.3) is 0 Å². The van der Waals surface area contributed by atoms with Gasteiger partial charge in [0.2, 0.25) is 0 Å². The third-order valence-corrected chi connectivity index (χ3v) is 7.71. The van der Waals surface area contributed by atoms with Crippen molar-refractivity contribution in [2.45, 2.75) is 38.9 Å². The molecule has 0 saturated heterocycles. The van der Waals surface area contributed by atoms with Gasteiger partial charge in [-0.2, -0.15) is 0 Å². The Balaban J connectivity index is 1.73. The minimum atomic E-state index is -0.924. The van der Waals surface area contributed by atoms with Crippen molar-refractivity contribution >= 4 is 66.0 Å². The van der Waals surface area contributed by atoms with E-state index in [2.05, 4.69) is 66.7 Å². The Kier molecular flexibility index (Phi) is 4.44. The first-order chi connectivity index (χ1) is 14.3. The van der Waals surface area contributed by atoms with Crippen molar-refractivity contribution in [3.63, 3.8) is 0 Å². The fourth-order valence-electron chi connectivity index (χ4n) is 4.00. The highest BCUT2D eigenvalue weighted by Gasteiger charge is 2.35. The second kappa shape index (κ2) is 6.81. The van der Waals surface area contributed by atoms with Crippen LogP contribution in [0, 0.1) is 0 Å². The molecule has 1 aromatic heterocycles. The zero-order chi connectivity index (χ0) is 21.1. The maximum Gasteiger partial charge on any atom is 0.310 e. The summed E-state index contributed by atoms with van der Waals surface area (Å²) in [5, 5.41) is 18.2. The molecule has 0 aliphatic heterocycles. The summed E-state index contributed by atoms with van der Waals surface area (Å²) in [4.78, 5) is 0. The van der Waals surface area contributed by atoms with Crippen LogP contribution in [0.5, 0.6) is 0 Å². The molecule has 2 nitrogen and oxygen atoms in total. The standard InChI is InChI=1S/C26H25BO2S/c1-25(2,28)26(3,4)29-27-20-10-7-11-21-23(20)19-15-14-17-13-12-16-8-5-6-9-18(16)22(17)24(19)30-21/h5-15,27-28H,1-4H3. The van der Waals surface area contributed by atoms with Crippen LogP contribution in [-0.2, 0) is 4.65 Å². The van der Waals surface area contributed by atoms with Crippen molar-refractivity contribution in [3.8, 4) is 0 Å². The zero-order valence-electron chi connectivity index (χ0n) is 17.8. The van der Waals surface area contributed by atoms with Crippen LogP contribution in [-0.4, -0.2) is 23.8 Å². The number of hydrogen-bond donors (Lipinski definition) is 1. The molecule has 0 fully saturated rings. The maximum atomic E-state index is 10.5. The Morgan fingerprint density at radius 1 is 0.767 bits per heavy atom. The van der Waals surface area contributed by atoms with Gasteiger partial charge in [0.05, 0.1) is 11.2 Å². The van der Waals surface area contributed by atoms with E-state index in [1.807, 2.05) is 25.2 Å². The summed E-state index contributed by atoms with van der Waals surface area (Å²) in [7, 11) is 0.466. The van der Waals surface area contributed by atoms with Crippen LogP contribution in [0.1, 0.15) is 27.7 Å². The minimum absolute atomic E-state index is 0.466. The first kappa shape index (κ1) is 19.6. The zero-order valence-corrected chi connectivity index (χ0v) is 18.6. The van der Waals surface area contributed by atoms with Crippen LogP contribution in [0.25, 0.3) is 41.7 Å². The summed E-state index contributed by atoms with van der Waals surface area (Å²) in [5.41, 5.74) is -0.410. The molecule has 0 aliphatic rings. The van der Waals surface area contributed by atoms with E-state index in [0.717, 1.165) is 5.46 Å². The van der Waals surface area contributed by atoms with E-state index in [1.54, 1.807) is 13.8 Å². The van der Waals surface area contributed by atoms with Gasteiger partial charge < -0.3 is 9.76 Å². The maximum absolute atomic E-state index is 10.5. The molecule has 0 radical (unpaired) electrons. The van der Waals surface area contributed by atoms with Crippen LogP contribution < -0.4 is 5.46 Å². The highest BCUT2D eigenvalue weighted by molar-refractivity contribution is 7.27. The Hall–Kier alpha value is -2.40. The number of thiophene rings is 1. The van der Waals surface area contributed by atoms with Gasteiger partial charge in [0.1, 0.15) is 0 Å². The highest BCUT2D eigenvalue weighted by atomic mass is 32.1. The minimum Gasteiger partial charge on any atom is -0.427 e. The summed E-state index contributed by atoms with van der Waals surface area (Å²) in [5.74, 6) is 0. The molecular formula is C26H25BO2S. The van der Waals surface area contributed by atoms with Crippen molar-refractivity contribution in [3.05, 3.63) is 66.7 Å². The van der Waals surface area contributed by atoms with Gasteiger partial charge in [-0.25, -0.2) is 0 Å². The lowest BCUT2D eigenvalue weighted by molar-refractivity contribution is -0.0893. The molecule has 0 saturated carbocycles. The van der Waals surface area contributed by atoms with Crippen molar-refractivity contribution in [1.29, 1.82) is 0 Å². The molecule has 0 unspecified atom stereocenters. The molecule has 0 atom stereocenters. The third-order valence-electron chi connectivity index (χ3n) is 6.52. The van der Waals surface area contributed by atoms with Crippen LogP contribution in [0.3, 0.4) is 0 Å². The number of fused-ring (bicyclic) bond motifs is 7. The monoisotopic (exact) mass is 412 g/mol. The molecule has 150 valence electrons. The predicted octanol–water partition coefficient (Wildman–Crippen LogP) is 5.90. The summed E-state index contributed by atoms with van der Waals surface area (Å²) in [6.07, 6.45) is 0. The molecule has 5 rings (SSSR count). The SMILES string of the molecule is CC(C)(O)C(C)(C)OBc1cccc2sc3c(ccc4ccc5ccccc5c43)c12. The summed E-state index contributed by atoms with van der Waals surface area (Å²) in [6.45, 7) is 7.48. The van der Waals surface area contributed by atoms with Crippen molar-refractivity contribution in [2.24, 2.45) is 0 Å². The fraction of sp³-hybridized carbons (Fsp3) is 0.231. The Morgan fingerprint density at radius 3 is 2.30 bits per heavy atom. The molecule has 5 aromatic rings. The molecule has 0 aliphatic carbocycles. The van der Waals surface area contributed by atoms with Gasteiger partial charge >= 0.3 is 7.48 Å². The molecule has 0 spiro atoms. The number of hydrogen-bond acceptors (Lipinski definition) is 3. The Labute approximate surface area is 181 Å². The van der Waals surface area contributed by atoms with Crippen LogP contribution >= 0.6 is 11.3 Å². The lowest BCUT2D eigenvalue weighted by Crippen LogP contribution is -2.49. The van der Waals surface area contributed by atoms with E-state index in [4.69, 9.17) is 4.65 Å². The molecule has 1 N–H and O–H groups in total. The Bertz CT molecular complexity index is 1410. The predicted molar refractivity (Wildman–Crippen MR) is 133 cm³/mol. The summed E-state index contributed by atoms with van der Waals surface area (Å²) in [6, 6.07) is 24.0. The quantitative estimate of drug-likeness (QED) is 0.294. The number of aliphatic hydroxyl groups is 1. The second-order valence-electron chi connectivity index (χ2n) is 9.08. The second-order valence-corrected chi connectivity index (χ2v) is 10.1. The lowest BCUT2D eigenvalue weighted by Gasteiger charge is -2.37. The van der Waals surface area contributed by atoms with E-state index in [0.29, 0.717) is 7.48 Å². The van der Waals surface area contributed by atoms with E-state index in [1.165, 1.54) is 41.7 Å². The van der Waals surface area contributed by atoms with E-state index >= 15 is 0 Å². The van der Waals surface area contributed by atoms with Crippen molar-refractivity contribution in [1.82, 2.24) is 0 Å². The van der Waals surface area contributed by atoms with E-state index in [-0.39, 0.29) is 0 Å². The van der Waals surface area contributed by atoms with Gasteiger partial charge in [-0.1, -0.05) is 60.7 Å². The topological polar surface area (TPSA) is 29.5 Å². The molecule has 0 amide bonds. The average Bonchev–Trinajstić information content (AvgIpc) is 3.10. The van der Waals surface area contributed by atoms with Gasteiger partial charge in [-0.15, -0.1) is 11.3 Å². The molecule has 1 heterocycles. The normalized spacial score (nSPS) is 13.0. The van der Waals surface area contributed by atoms with E-state index in [9.17, 15) is 5.11 Å². The first-order valence-electron chi connectivity index (χ1n) is 10.4. The molecular weight excluding hydrogens is 387 g/mol. The van der Waals surface area contributed by atoms with Crippen LogP contribution in [0.4, 0.5) is 0 Å².